The molecule has 1 fully saturated rings. The monoisotopic (exact) mass is 300 g/mol. The Balaban J connectivity index is 2.08. The topological polar surface area (TPSA) is 70.4 Å². The minimum atomic E-state index is -3.48. The van der Waals surface area contributed by atoms with Crippen molar-refractivity contribution in [2.24, 2.45) is 5.92 Å². The molecule has 1 atom stereocenters. The van der Waals surface area contributed by atoms with Crippen LogP contribution < -0.4 is 0 Å². The van der Waals surface area contributed by atoms with E-state index in [0.717, 1.165) is 30.8 Å². The summed E-state index contributed by atoms with van der Waals surface area (Å²) in [6, 6.07) is 4.98. The predicted molar refractivity (Wildman–Crippen MR) is 72.4 cm³/mol. The smallest absolute Gasteiger partial charge is 0.252 e. The Hall–Kier alpha value is -0.940. The van der Waals surface area contributed by atoms with Crippen molar-refractivity contribution in [3.63, 3.8) is 0 Å². The van der Waals surface area contributed by atoms with Gasteiger partial charge >= 0.3 is 0 Å². The van der Waals surface area contributed by atoms with Gasteiger partial charge in [0, 0.05) is 20.2 Å². The maximum Gasteiger partial charge on any atom is 0.252 e. The van der Waals surface area contributed by atoms with E-state index in [1.54, 1.807) is 7.05 Å². The number of hydrogen-bond donors (Lipinski definition) is 0. The van der Waals surface area contributed by atoms with Gasteiger partial charge in [0.1, 0.15) is 15.2 Å². The number of rotatable bonds is 4. The second kappa shape index (κ2) is 6.01. The summed E-state index contributed by atoms with van der Waals surface area (Å²) in [7, 11) is -1.90. The van der Waals surface area contributed by atoms with Gasteiger partial charge in [-0.15, -0.1) is 11.3 Å². The van der Waals surface area contributed by atoms with E-state index in [-0.39, 0.29) is 10.1 Å². The highest BCUT2D eigenvalue weighted by molar-refractivity contribution is 7.91. The molecule has 0 saturated carbocycles. The number of nitriles is 1. The first kappa shape index (κ1) is 14.5. The zero-order chi connectivity index (χ0) is 13.9. The molecular formula is C12H16N2O3S2. The highest BCUT2D eigenvalue weighted by Crippen LogP contribution is 2.25. The fourth-order valence-electron chi connectivity index (χ4n) is 2.09. The lowest BCUT2D eigenvalue weighted by atomic mass is 10.0. The normalized spacial score (nSPS) is 20.4. The van der Waals surface area contributed by atoms with E-state index in [9.17, 15) is 8.42 Å². The van der Waals surface area contributed by atoms with Gasteiger partial charge in [-0.2, -0.15) is 9.57 Å². The standard InChI is InChI=1S/C12H16N2O3S2/c1-14(8-10-3-2-6-17-9-10)19(15,16)12-5-4-11(7-13)18-12/h4-5,10H,2-3,6,8-9H2,1H3. The molecule has 2 heterocycles. The van der Waals surface area contributed by atoms with Crippen LogP contribution >= 0.6 is 11.3 Å². The molecule has 5 nitrogen and oxygen atoms in total. The Labute approximate surface area is 117 Å². The van der Waals surface area contributed by atoms with Gasteiger partial charge in [0.05, 0.1) is 6.61 Å². The van der Waals surface area contributed by atoms with Gasteiger partial charge in [0.15, 0.2) is 0 Å². The van der Waals surface area contributed by atoms with Gasteiger partial charge in [-0.05, 0) is 30.9 Å². The van der Waals surface area contributed by atoms with Crippen molar-refractivity contribution in [2.75, 3.05) is 26.8 Å². The minimum Gasteiger partial charge on any atom is -0.381 e. The Morgan fingerprint density at radius 3 is 2.95 bits per heavy atom. The minimum absolute atomic E-state index is 0.225. The van der Waals surface area contributed by atoms with Gasteiger partial charge in [-0.25, -0.2) is 8.42 Å². The molecule has 0 spiro atoms. The molecule has 104 valence electrons. The number of thiophene rings is 1. The zero-order valence-electron chi connectivity index (χ0n) is 10.7. The maximum atomic E-state index is 12.3. The fraction of sp³-hybridized carbons (Fsp3) is 0.583. The summed E-state index contributed by atoms with van der Waals surface area (Å²) >= 11 is 1.01. The van der Waals surface area contributed by atoms with E-state index in [1.165, 1.54) is 16.4 Å². The van der Waals surface area contributed by atoms with Crippen molar-refractivity contribution in [3.05, 3.63) is 17.0 Å². The van der Waals surface area contributed by atoms with Crippen LogP contribution in [0.25, 0.3) is 0 Å². The van der Waals surface area contributed by atoms with Crippen LogP contribution in [0.1, 0.15) is 17.7 Å². The average molecular weight is 300 g/mol. The zero-order valence-corrected chi connectivity index (χ0v) is 12.3. The van der Waals surface area contributed by atoms with Gasteiger partial charge in [-0.1, -0.05) is 0 Å². The summed E-state index contributed by atoms with van der Waals surface area (Å²) in [6.07, 6.45) is 1.98. The van der Waals surface area contributed by atoms with E-state index >= 15 is 0 Å². The summed E-state index contributed by atoms with van der Waals surface area (Å²) in [5, 5.41) is 8.75. The molecule has 19 heavy (non-hydrogen) atoms. The predicted octanol–water partition coefficient (Wildman–Crippen LogP) is 1.67. The number of sulfonamides is 1. The van der Waals surface area contributed by atoms with Crippen molar-refractivity contribution in [1.29, 1.82) is 5.26 Å². The molecule has 1 unspecified atom stereocenters. The molecule has 7 heteroatoms. The molecule has 1 aromatic rings. The van der Waals surface area contributed by atoms with E-state index < -0.39 is 10.0 Å². The number of ether oxygens (including phenoxy) is 1. The number of nitrogens with zero attached hydrogens (tertiary/aromatic N) is 2. The SMILES string of the molecule is CN(CC1CCCOC1)S(=O)(=O)c1ccc(C#N)s1. The highest BCUT2D eigenvalue weighted by Gasteiger charge is 2.26. The van der Waals surface area contributed by atoms with Crippen LogP contribution in [0.3, 0.4) is 0 Å². The van der Waals surface area contributed by atoms with Gasteiger partial charge in [0.2, 0.25) is 0 Å². The molecule has 1 saturated heterocycles. The molecule has 1 aliphatic rings. The van der Waals surface area contributed by atoms with Crippen LogP contribution in [0.15, 0.2) is 16.3 Å². The molecule has 0 amide bonds. The first-order valence-corrected chi connectivity index (χ1v) is 8.33. The van der Waals surface area contributed by atoms with Crippen molar-refractivity contribution in [3.8, 4) is 6.07 Å². The first-order chi connectivity index (χ1) is 9.04. The second-order valence-corrected chi connectivity index (χ2v) is 7.95. The van der Waals surface area contributed by atoms with Crippen molar-refractivity contribution in [1.82, 2.24) is 4.31 Å². The first-order valence-electron chi connectivity index (χ1n) is 6.08. The molecule has 0 N–H and O–H groups in total. The summed E-state index contributed by atoms with van der Waals surface area (Å²) in [4.78, 5) is 0.410. The Morgan fingerprint density at radius 1 is 1.58 bits per heavy atom. The van der Waals surface area contributed by atoms with E-state index in [1.807, 2.05) is 6.07 Å². The fourth-order valence-corrected chi connectivity index (χ4v) is 4.65. The van der Waals surface area contributed by atoms with E-state index in [4.69, 9.17) is 10.00 Å². The molecule has 0 radical (unpaired) electrons. The van der Waals surface area contributed by atoms with Gasteiger partial charge < -0.3 is 4.74 Å². The van der Waals surface area contributed by atoms with Gasteiger partial charge in [-0.3, -0.25) is 0 Å². The van der Waals surface area contributed by atoms with Crippen molar-refractivity contribution >= 4 is 21.4 Å². The summed E-state index contributed by atoms with van der Waals surface area (Å²) in [6.45, 7) is 1.85. The third kappa shape index (κ3) is 3.34. The Kier molecular flexibility index (Phi) is 4.58. The second-order valence-electron chi connectivity index (χ2n) is 4.60. The van der Waals surface area contributed by atoms with Crippen LogP contribution in [0.2, 0.25) is 0 Å². The maximum absolute atomic E-state index is 12.3. The van der Waals surface area contributed by atoms with Crippen LogP contribution in [-0.2, 0) is 14.8 Å². The lowest BCUT2D eigenvalue weighted by molar-refractivity contribution is 0.0495. The quantitative estimate of drug-likeness (QED) is 0.848. The van der Waals surface area contributed by atoms with Crippen LogP contribution in [0.4, 0.5) is 0 Å². The van der Waals surface area contributed by atoms with E-state index in [0.29, 0.717) is 18.0 Å². The largest absolute Gasteiger partial charge is 0.381 e. The molecule has 2 rings (SSSR count). The van der Waals surface area contributed by atoms with Crippen LogP contribution in [0.5, 0.6) is 0 Å². The summed E-state index contributed by atoms with van der Waals surface area (Å²) in [5.41, 5.74) is 0. The Bertz CT molecular complexity index is 568. The van der Waals surface area contributed by atoms with Gasteiger partial charge in [0.25, 0.3) is 10.0 Å². The molecular weight excluding hydrogens is 284 g/mol. The summed E-state index contributed by atoms with van der Waals surface area (Å²) in [5.74, 6) is 0.254. The molecule has 0 aliphatic carbocycles. The van der Waals surface area contributed by atoms with Crippen LogP contribution in [0, 0.1) is 17.2 Å². The third-order valence-electron chi connectivity index (χ3n) is 3.13. The summed E-state index contributed by atoms with van der Waals surface area (Å²) < 4.78 is 31.6. The number of hydrogen-bond acceptors (Lipinski definition) is 5. The molecule has 1 aliphatic heterocycles. The molecule has 0 aromatic carbocycles. The average Bonchev–Trinajstić information content (AvgIpc) is 2.89. The van der Waals surface area contributed by atoms with Crippen molar-refractivity contribution < 1.29 is 13.2 Å². The van der Waals surface area contributed by atoms with Crippen LogP contribution in [-0.4, -0.2) is 39.5 Å². The van der Waals surface area contributed by atoms with Crippen molar-refractivity contribution in [2.45, 2.75) is 17.1 Å². The third-order valence-corrected chi connectivity index (χ3v) is 6.41. The van der Waals surface area contributed by atoms with E-state index in [2.05, 4.69) is 0 Å². The molecule has 0 bridgehead atoms. The highest BCUT2D eigenvalue weighted by atomic mass is 32.2. The lowest BCUT2D eigenvalue weighted by Crippen LogP contribution is -2.34. The Morgan fingerprint density at radius 2 is 2.37 bits per heavy atom. The lowest BCUT2D eigenvalue weighted by Gasteiger charge is -2.26. The molecule has 1 aromatic heterocycles.